The summed E-state index contributed by atoms with van der Waals surface area (Å²) in [7, 11) is 1.42. The van der Waals surface area contributed by atoms with Crippen LogP contribution in [0.1, 0.15) is 49.7 Å². The zero-order chi connectivity index (χ0) is 13.9. The smallest absolute Gasteiger partial charge is 0.267 e. The number of hydrogen-bond donors (Lipinski definition) is 1. The SMILES string of the molecule is COc1ccc(C2(CN)CCCCC2)cc1C(F)F. The van der Waals surface area contributed by atoms with Gasteiger partial charge in [-0.15, -0.1) is 0 Å². The van der Waals surface area contributed by atoms with E-state index in [1.807, 2.05) is 6.07 Å². The Morgan fingerprint density at radius 3 is 2.47 bits per heavy atom. The molecule has 0 aromatic heterocycles. The van der Waals surface area contributed by atoms with Crippen LogP contribution in [0.4, 0.5) is 8.78 Å². The third kappa shape index (κ3) is 2.73. The average Bonchev–Trinajstić information content (AvgIpc) is 2.47. The fourth-order valence-corrected chi connectivity index (χ4v) is 3.07. The Morgan fingerprint density at radius 1 is 1.26 bits per heavy atom. The Labute approximate surface area is 112 Å². The summed E-state index contributed by atoms with van der Waals surface area (Å²) in [4.78, 5) is 0. The van der Waals surface area contributed by atoms with E-state index in [0.717, 1.165) is 31.2 Å². The van der Waals surface area contributed by atoms with Gasteiger partial charge in [-0.2, -0.15) is 0 Å². The predicted octanol–water partition coefficient (Wildman–Crippen LogP) is 3.79. The van der Waals surface area contributed by atoms with Crippen molar-refractivity contribution in [2.24, 2.45) is 5.73 Å². The van der Waals surface area contributed by atoms with Gasteiger partial charge in [-0.25, -0.2) is 8.78 Å². The first-order chi connectivity index (χ1) is 9.13. The van der Waals surface area contributed by atoms with Gasteiger partial charge in [-0.3, -0.25) is 0 Å². The quantitative estimate of drug-likeness (QED) is 0.902. The largest absolute Gasteiger partial charge is 0.496 e. The van der Waals surface area contributed by atoms with Gasteiger partial charge in [-0.05, 0) is 30.5 Å². The minimum Gasteiger partial charge on any atom is -0.496 e. The molecule has 1 aromatic carbocycles. The zero-order valence-corrected chi connectivity index (χ0v) is 11.3. The van der Waals surface area contributed by atoms with E-state index >= 15 is 0 Å². The average molecular weight is 269 g/mol. The summed E-state index contributed by atoms with van der Waals surface area (Å²) in [5, 5.41) is 0. The highest BCUT2D eigenvalue weighted by Gasteiger charge is 2.33. The van der Waals surface area contributed by atoms with Gasteiger partial charge in [0, 0.05) is 12.0 Å². The van der Waals surface area contributed by atoms with E-state index in [4.69, 9.17) is 10.5 Å². The molecule has 0 bridgehead atoms. The molecule has 0 atom stereocenters. The van der Waals surface area contributed by atoms with Crippen molar-refractivity contribution in [2.75, 3.05) is 13.7 Å². The normalized spacial score (nSPS) is 18.6. The lowest BCUT2D eigenvalue weighted by Gasteiger charge is -2.37. The van der Waals surface area contributed by atoms with Gasteiger partial charge >= 0.3 is 0 Å². The summed E-state index contributed by atoms with van der Waals surface area (Å²) in [5.41, 5.74) is 6.72. The van der Waals surface area contributed by atoms with Crippen molar-refractivity contribution in [1.29, 1.82) is 0 Å². The van der Waals surface area contributed by atoms with Crippen LogP contribution in [0, 0.1) is 0 Å². The van der Waals surface area contributed by atoms with Crippen LogP contribution in [0.15, 0.2) is 18.2 Å². The Balaban J connectivity index is 2.40. The molecule has 0 heterocycles. The maximum Gasteiger partial charge on any atom is 0.267 e. The van der Waals surface area contributed by atoms with E-state index in [0.29, 0.717) is 6.54 Å². The lowest BCUT2D eigenvalue weighted by atomic mass is 9.69. The molecule has 19 heavy (non-hydrogen) atoms. The number of hydrogen-bond acceptors (Lipinski definition) is 2. The van der Waals surface area contributed by atoms with Gasteiger partial charge in [0.2, 0.25) is 0 Å². The van der Waals surface area contributed by atoms with Crippen LogP contribution in [-0.2, 0) is 5.41 Å². The molecule has 4 heteroatoms. The van der Waals surface area contributed by atoms with Crippen molar-refractivity contribution >= 4 is 0 Å². The summed E-state index contributed by atoms with van der Waals surface area (Å²) in [6.07, 6.45) is 2.89. The molecule has 1 aliphatic carbocycles. The highest BCUT2D eigenvalue weighted by Crippen LogP contribution is 2.41. The summed E-state index contributed by atoms with van der Waals surface area (Å²) in [6.45, 7) is 0.516. The molecule has 1 aromatic rings. The Bertz CT molecular complexity index is 428. The highest BCUT2D eigenvalue weighted by atomic mass is 19.3. The lowest BCUT2D eigenvalue weighted by Crippen LogP contribution is -2.37. The molecular weight excluding hydrogens is 248 g/mol. The molecule has 106 valence electrons. The molecule has 1 saturated carbocycles. The van der Waals surface area contributed by atoms with Gasteiger partial charge in [-0.1, -0.05) is 25.3 Å². The fraction of sp³-hybridized carbons (Fsp3) is 0.600. The number of alkyl halides is 2. The van der Waals surface area contributed by atoms with E-state index in [9.17, 15) is 8.78 Å². The van der Waals surface area contributed by atoms with Crippen LogP contribution >= 0.6 is 0 Å². The number of nitrogens with two attached hydrogens (primary N) is 1. The maximum atomic E-state index is 13.1. The first-order valence-electron chi connectivity index (χ1n) is 6.79. The molecule has 2 N–H and O–H groups in total. The third-order valence-corrected chi connectivity index (χ3v) is 4.28. The summed E-state index contributed by atoms with van der Waals surface area (Å²) >= 11 is 0. The summed E-state index contributed by atoms with van der Waals surface area (Å²) in [6, 6.07) is 5.12. The van der Waals surface area contributed by atoms with E-state index in [-0.39, 0.29) is 16.7 Å². The first-order valence-corrected chi connectivity index (χ1v) is 6.79. The maximum absolute atomic E-state index is 13.1. The molecular formula is C15H21F2NO. The molecule has 0 radical (unpaired) electrons. The second kappa shape index (κ2) is 5.87. The molecule has 2 rings (SSSR count). The van der Waals surface area contributed by atoms with Crippen LogP contribution in [0.25, 0.3) is 0 Å². The second-order valence-corrected chi connectivity index (χ2v) is 5.30. The van der Waals surface area contributed by atoms with Crippen LogP contribution in [0.3, 0.4) is 0 Å². The first kappa shape index (κ1) is 14.3. The monoisotopic (exact) mass is 269 g/mol. The molecule has 0 unspecified atom stereocenters. The van der Waals surface area contributed by atoms with Crippen LogP contribution in [-0.4, -0.2) is 13.7 Å². The molecule has 2 nitrogen and oxygen atoms in total. The Morgan fingerprint density at radius 2 is 1.95 bits per heavy atom. The second-order valence-electron chi connectivity index (χ2n) is 5.30. The van der Waals surface area contributed by atoms with Crippen LogP contribution in [0.2, 0.25) is 0 Å². The van der Waals surface area contributed by atoms with Crippen molar-refractivity contribution in [2.45, 2.75) is 43.9 Å². The van der Waals surface area contributed by atoms with Gasteiger partial charge in [0.05, 0.1) is 12.7 Å². The number of halogens is 2. The van der Waals surface area contributed by atoms with E-state index in [2.05, 4.69) is 0 Å². The van der Waals surface area contributed by atoms with Gasteiger partial charge in [0.15, 0.2) is 0 Å². The topological polar surface area (TPSA) is 35.2 Å². The summed E-state index contributed by atoms with van der Waals surface area (Å²) in [5.74, 6) is 0.252. The standard InChI is InChI=1S/C15H21F2NO/c1-19-13-6-5-11(9-12(13)14(16)17)15(10-18)7-3-2-4-8-15/h5-6,9,14H,2-4,7-8,10,18H2,1H3. The molecule has 0 amide bonds. The zero-order valence-electron chi connectivity index (χ0n) is 11.3. The van der Waals surface area contributed by atoms with Crippen molar-refractivity contribution in [3.05, 3.63) is 29.3 Å². The molecule has 0 spiro atoms. The minimum atomic E-state index is -2.52. The molecule has 0 saturated heterocycles. The highest BCUT2D eigenvalue weighted by molar-refractivity contribution is 5.41. The Kier molecular flexibility index (Phi) is 4.40. The lowest BCUT2D eigenvalue weighted by molar-refractivity contribution is 0.146. The van der Waals surface area contributed by atoms with Crippen molar-refractivity contribution < 1.29 is 13.5 Å². The number of ether oxygens (including phenoxy) is 1. The minimum absolute atomic E-state index is 0.0293. The van der Waals surface area contributed by atoms with Gasteiger partial charge < -0.3 is 10.5 Å². The van der Waals surface area contributed by atoms with Crippen LogP contribution < -0.4 is 10.5 Å². The number of methoxy groups -OCH3 is 1. The van der Waals surface area contributed by atoms with Crippen molar-refractivity contribution in [1.82, 2.24) is 0 Å². The third-order valence-electron chi connectivity index (χ3n) is 4.28. The van der Waals surface area contributed by atoms with Crippen molar-refractivity contribution in [3.63, 3.8) is 0 Å². The van der Waals surface area contributed by atoms with E-state index in [1.54, 1.807) is 12.1 Å². The molecule has 1 aliphatic rings. The van der Waals surface area contributed by atoms with Crippen LogP contribution in [0.5, 0.6) is 5.75 Å². The predicted molar refractivity (Wildman–Crippen MR) is 71.8 cm³/mol. The van der Waals surface area contributed by atoms with E-state index < -0.39 is 6.43 Å². The number of rotatable bonds is 4. The van der Waals surface area contributed by atoms with Crippen molar-refractivity contribution in [3.8, 4) is 5.75 Å². The van der Waals surface area contributed by atoms with E-state index in [1.165, 1.54) is 13.5 Å². The van der Waals surface area contributed by atoms with Gasteiger partial charge in [0.1, 0.15) is 5.75 Å². The van der Waals surface area contributed by atoms with Gasteiger partial charge in [0.25, 0.3) is 6.43 Å². The number of benzene rings is 1. The molecule has 1 fully saturated rings. The molecule has 0 aliphatic heterocycles. The summed E-state index contributed by atoms with van der Waals surface area (Å²) < 4.78 is 31.2. The fourth-order valence-electron chi connectivity index (χ4n) is 3.07. The Hall–Kier alpha value is -1.16.